The van der Waals surface area contributed by atoms with Gasteiger partial charge in [0.1, 0.15) is 0 Å². The van der Waals surface area contributed by atoms with E-state index in [2.05, 4.69) is 4.74 Å². The number of halogens is 2. The van der Waals surface area contributed by atoms with E-state index >= 15 is 0 Å². The number of alkyl halides is 2. The Hall–Kier alpha value is -0.710. The van der Waals surface area contributed by atoms with E-state index < -0.39 is 18.3 Å². The largest absolute Gasteiger partial charge is 0.477 e. The van der Waals surface area contributed by atoms with Crippen molar-refractivity contribution in [3.63, 3.8) is 0 Å². The smallest absolute Gasteiger partial charge is 0.374 e. The van der Waals surface area contributed by atoms with Crippen molar-refractivity contribution in [2.24, 2.45) is 0 Å². The van der Waals surface area contributed by atoms with Crippen molar-refractivity contribution in [2.75, 3.05) is 13.7 Å². The normalized spacial score (nSPS) is 11.5. The second-order valence-electron chi connectivity index (χ2n) is 1.75. The van der Waals surface area contributed by atoms with Crippen LogP contribution in [0.4, 0.5) is 8.78 Å². The molecule has 0 spiro atoms. The second-order valence-corrected chi connectivity index (χ2v) is 1.75. The van der Waals surface area contributed by atoms with Crippen LogP contribution in [-0.2, 0) is 9.53 Å². The molecular weight excluding hydrogens is 146 g/mol. The molecule has 0 aliphatic rings. The number of carboxylic acids is 1. The third-order valence-corrected chi connectivity index (χ3v) is 0.933. The molecule has 1 N–H and O–H groups in total. The maximum atomic E-state index is 12.1. The van der Waals surface area contributed by atoms with Crippen LogP contribution < -0.4 is 0 Å². The van der Waals surface area contributed by atoms with Crippen LogP contribution in [0.15, 0.2) is 0 Å². The Labute approximate surface area is 56.6 Å². The average molecular weight is 154 g/mol. The van der Waals surface area contributed by atoms with E-state index in [-0.39, 0.29) is 6.61 Å². The van der Waals surface area contributed by atoms with Crippen molar-refractivity contribution in [1.82, 2.24) is 0 Å². The fraction of sp³-hybridized carbons (Fsp3) is 0.800. The van der Waals surface area contributed by atoms with Crippen molar-refractivity contribution >= 4 is 5.97 Å². The summed E-state index contributed by atoms with van der Waals surface area (Å²) in [6.45, 7) is -0.251. The summed E-state index contributed by atoms with van der Waals surface area (Å²) in [5.41, 5.74) is 0. The first-order valence-corrected chi connectivity index (χ1v) is 2.61. The molecule has 0 aromatic rings. The highest BCUT2D eigenvalue weighted by molar-refractivity contribution is 5.75. The number of hydrogen-bond donors (Lipinski definition) is 1. The van der Waals surface area contributed by atoms with Gasteiger partial charge in [0, 0.05) is 13.5 Å². The molecule has 0 aliphatic heterocycles. The van der Waals surface area contributed by atoms with Gasteiger partial charge in [-0.2, -0.15) is 8.78 Å². The zero-order valence-electron chi connectivity index (χ0n) is 5.43. The Morgan fingerprint density at radius 1 is 1.70 bits per heavy atom. The van der Waals surface area contributed by atoms with Gasteiger partial charge in [0.05, 0.1) is 6.61 Å². The average Bonchev–Trinajstić information content (AvgIpc) is 1.84. The summed E-state index contributed by atoms with van der Waals surface area (Å²) in [7, 11) is 1.23. The van der Waals surface area contributed by atoms with Crippen molar-refractivity contribution in [2.45, 2.75) is 12.3 Å². The number of rotatable bonds is 4. The molecule has 0 aromatic heterocycles. The second kappa shape index (κ2) is 3.46. The van der Waals surface area contributed by atoms with Crippen LogP contribution in [0.1, 0.15) is 6.42 Å². The molecule has 0 unspecified atom stereocenters. The van der Waals surface area contributed by atoms with Gasteiger partial charge in [-0.3, -0.25) is 0 Å². The van der Waals surface area contributed by atoms with E-state index in [1.807, 2.05) is 0 Å². The molecular formula is C5H8F2O3. The van der Waals surface area contributed by atoms with Crippen LogP contribution in [0.3, 0.4) is 0 Å². The number of methoxy groups -OCH3 is 1. The highest BCUT2D eigenvalue weighted by Crippen LogP contribution is 2.17. The molecule has 3 nitrogen and oxygen atoms in total. The summed E-state index contributed by atoms with van der Waals surface area (Å²) in [4.78, 5) is 9.72. The molecule has 0 atom stereocenters. The molecule has 5 heteroatoms. The first-order valence-electron chi connectivity index (χ1n) is 2.61. The van der Waals surface area contributed by atoms with Gasteiger partial charge in [0.15, 0.2) is 0 Å². The summed E-state index contributed by atoms with van der Waals surface area (Å²) in [6.07, 6.45) is -0.779. The van der Waals surface area contributed by atoms with Gasteiger partial charge >= 0.3 is 11.9 Å². The van der Waals surface area contributed by atoms with Crippen molar-refractivity contribution in [1.29, 1.82) is 0 Å². The molecule has 0 radical (unpaired) electrons. The van der Waals surface area contributed by atoms with Gasteiger partial charge in [-0.15, -0.1) is 0 Å². The zero-order valence-corrected chi connectivity index (χ0v) is 5.43. The van der Waals surface area contributed by atoms with E-state index in [4.69, 9.17) is 5.11 Å². The molecule has 0 rings (SSSR count). The fourth-order valence-electron chi connectivity index (χ4n) is 0.337. The number of hydrogen-bond acceptors (Lipinski definition) is 2. The van der Waals surface area contributed by atoms with Gasteiger partial charge in [-0.05, 0) is 0 Å². The molecule has 0 saturated heterocycles. The minimum atomic E-state index is -3.66. The van der Waals surface area contributed by atoms with Gasteiger partial charge in [-0.1, -0.05) is 0 Å². The van der Waals surface area contributed by atoms with Crippen LogP contribution in [0, 0.1) is 0 Å². The molecule has 0 aromatic carbocycles. The van der Waals surface area contributed by atoms with Crippen LogP contribution in [0.2, 0.25) is 0 Å². The maximum absolute atomic E-state index is 12.1. The van der Waals surface area contributed by atoms with Gasteiger partial charge < -0.3 is 9.84 Å². The van der Waals surface area contributed by atoms with Gasteiger partial charge in [0.2, 0.25) is 0 Å². The first-order chi connectivity index (χ1) is 4.50. The quantitative estimate of drug-likeness (QED) is 0.649. The molecule has 0 bridgehead atoms. The summed E-state index contributed by atoms with van der Waals surface area (Å²) < 4.78 is 28.4. The number of aliphatic carboxylic acids is 1. The van der Waals surface area contributed by atoms with Crippen LogP contribution in [0.25, 0.3) is 0 Å². The molecule has 10 heavy (non-hydrogen) atoms. The summed E-state index contributed by atoms with van der Waals surface area (Å²) in [5.74, 6) is -5.76. The van der Waals surface area contributed by atoms with Gasteiger partial charge in [0.25, 0.3) is 0 Å². The third kappa shape index (κ3) is 2.72. The van der Waals surface area contributed by atoms with E-state index in [9.17, 15) is 13.6 Å². The van der Waals surface area contributed by atoms with Gasteiger partial charge in [-0.25, -0.2) is 4.79 Å². The Kier molecular flexibility index (Phi) is 3.21. The predicted octanol–water partition coefficient (Wildman–Crippen LogP) is 0.743. The Morgan fingerprint density at radius 2 is 2.20 bits per heavy atom. The van der Waals surface area contributed by atoms with Crippen molar-refractivity contribution in [3.05, 3.63) is 0 Å². The van der Waals surface area contributed by atoms with Crippen LogP contribution in [-0.4, -0.2) is 30.7 Å². The van der Waals surface area contributed by atoms with Crippen LogP contribution >= 0.6 is 0 Å². The summed E-state index contributed by atoms with van der Waals surface area (Å²) >= 11 is 0. The van der Waals surface area contributed by atoms with Crippen LogP contribution in [0.5, 0.6) is 0 Å². The Morgan fingerprint density at radius 3 is 2.50 bits per heavy atom. The lowest BCUT2D eigenvalue weighted by Crippen LogP contribution is -2.29. The topological polar surface area (TPSA) is 46.5 Å². The third-order valence-electron chi connectivity index (χ3n) is 0.933. The standard InChI is InChI=1S/C5H8F2O3/c1-10-3-2-5(6,7)4(8)9/h2-3H2,1H3,(H,8,9). The first kappa shape index (κ1) is 9.29. The minimum absolute atomic E-state index is 0.251. The summed E-state index contributed by atoms with van der Waals surface area (Å²) in [5, 5.41) is 7.86. The SMILES string of the molecule is COCCC(F)(F)C(=O)O. The lowest BCUT2D eigenvalue weighted by Gasteiger charge is -2.08. The lowest BCUT2D eigenvalue weighted by molar-refractivity contribution is -0.167. The maximum Gasteiger partial charge on any atom is 0.374 e. The van der Waals surface area contributed by atoms with E-state index in [1.165, 1.54) is 7.11 Å². The Bertz CT molecular complexity index is 124. The highest BCUT2D eigenvalue weighted by Gasteiger charge is 2.37. The molecule has 0 saturated carbocycles. The lowest BCUT2D eigenvalue weighted by atomic mass is 10.2. The number of carbonyl (C=O) groups is 1. The fourth-order valence-corrected chi connectivity index (χ4v) is 0.337. The molecule has 0 fully saturated rings. The van der Waals surface area contributed by atoms with Crippen molar-refractivity contribution < 1.29 is 23.4 Å². The predicted molar refractivity (Wildman–Crippen MR) is 29.1 cm³/mol. The van der Waals surface area contributed by atoms with Crippen molar-refractivity contribution in [3.8, 4) is 0 Å². The summed E-state index contributed by atoms with van der Waals surface area (Å²) in [6, 6.07) is 0. The highest BCUT2D eigenvalue weighted by atomic mass is 19.3. The number of ether oxygens (including phenoxy) is 1. The molecule has 0 amide bonds. The molecule has 60 valence electrons. The Balaban J connectivity index is 3.75. The zero-order chi connectivity index (χ0) is 8.20. The van der Waals surface area contributed by atoms with E-state index in [0.29, 0.717) is 0 Å². The number of carboxylic acid groups (broad SMARTS) is 1. The van der Waals surface area contributed by atoms with E-state index in [0.717, 1.165) is 0 Å². The monoisotopic (exact) mass is 154 g/mol. The minimum Gasteiger partial charge on any atom is -0.477 e. The molecule has 0 heterocycles. The molecule has 0 aliphatic carbocycles. The van der Waals surface area contributed by atoms with E-state index in [1.54, 1.807) is 0 Å².